The average Bonchev–Trinajstić information content (AvgIpc) is 2.14. The van der Waals surface area contributed by atoms with E-state index in [1.54, 1.807) is 0 Å². The zero-order valence-electron chi connectivity index (χ0n) is 7.42. The molecular weight excluding hydrogens is 249 g/mol. The molecule has 1 rings (SSSR count). The Morgan fingerprint density at radius 3 is 2.71 bits per heavy atom. The van der Waals surface area contributed by atoms with Crippen molar-refractivity contribution in [1.82, 2.24) is 0 Å². The molecule has 72 valence electrons. The number of benzene rings is 1. The van der Waals surface area contributed by atoms with Crippen LogP contribution in [-0.4, -0.2) is 5.78 Å². The summed E-state index contributed by atoms with van der Waals surface area (Å²) in [5.74, 6) is -1.61. The maximum atomic E-state index is 12.9. The molecule has 0 saturated carbocycles. The van der Waals surface area contributed by atoms with Crippen LogP contribution >= 0.6 is 15.9 Å². The summed E-state index contributed by atoms with van der Waals surface area (Å²) in [4.78, 5) is 11.5. The van der Waals surface area contributed by atoms with Gasteiger partial charge in [0.05, 0.1) is 6.07 Å². The van der Waals surface area contributed by atoms with E-state index in [4.69, 9.17) is 5.26 Å². The van der Waals surface area contributed by atoms with E-state index < -0.39 is 11.7 Å². The first-order chi connectivity index (χ1) is 6.54. The number of hydrogen-bond donors (Lipinski definition) is 0. The Bertz CT molecular complexity index is 391. The predicted octanol–water partition coefficient (Wildman–Crippen LogP) is 2.93. The molecule has 4 heteroatoms. The minimum Gasteiger partial charge on any atom is -0.293 e. The van der Waals surface area contributed by atoms with Gasteiger partial charge in [0.15, 0.2) is 5.78 Å². The van der Waals surface area contributed by atoms with E-state index in [1.807, 2.05) is 6.07 Å². The molecule has 0 heterocycles. The third kappa shape index (κ3) is 2.39. The molecule has 0 aliphatic heterocycles. The summed E-state index contributed by atoms with van der Waals surface area (Å²) in [6, 6.07) is 5.70. The Morgan fingerprint density at radius 1 is 1.57 bits per heavy atom. The summed E-state index contributed by atoms with van der Waals surface area (Å²) in [5, 5.41) is 8.53. The molecule has 0 radical (unpaired) electrons. The minimum absolute atomic E-state index is 0.214. The molecule has 0 aliphatic rings. The Hall–Kier alpha value is -1.21. The Labute approximate surface area is 89.5 Å². The van der Waals surface area contributed by atoms with Crippen LogP contribution in [0.5, 0.6) is 0 Å². The lowest BCUT2D eigenvalue weighted by molar-refractivity contribution is 0.0956. The number of halogens is 2. The largest absolute Gasteiger partial charge is 0.293 e. The molecule has 0 aliphatic carbocycles. The first-order valence-corrected chi connectivity index (χ1v) is 4.74. The lowest BCUT2D eigenvalue weighted by atomic mass is 10.0. The number of ketones is 1. The monoisotopic (exact) mass is 255 g/mol. The van der Waals surface area contributed by atoms with Crippen LogP contribution in [0, 0.1) is 23.1 Å². The quantitative estimate of drug-likeness (QED) is 0.763. The molecule has 0 amide bonds. The number of carbonyl (C=O) groups excluding carboxylic acids is 1. The van der Waals surface area contributed by atoms with Crippen LogP contribution in [0.15, 0.2) is 22.7 Å². The van der Waals surface area contributed by atoms with Crippen LogP contribution in [0.4, 0.5) is 4.39 Å². The molecule has 1 aromatic carbocycles. The van der Waals surface area contributed by atoms with E-state index in [0.717, 1.165) is 6.07 Å². The smallest absolute Gasteiger partial charge is 0.179 e. The van der Waals surface area contributed by atoms with Crippen molar-refractivity contribution in [2.75, 3.05) is 0 Å². The molecule has 1 aromatic rings. The molecule has 0 bridgehead atoms. The zero-order valence-corrected chi connectivity index (χ0v) is 9.01. The fourth-order valence-corrected chi connectivity index (χ4v) is 1.47. The summed E-state index contributed by atoms with van der Waals surface area (Å²) >= 11 is 3.08. The van der Waals surface area contributed by atoms with Crippen molar-refractivity contribution in [2.45, 2.75) is 6.92 Å². The van der Waals surface area contributed by atoms with E-state index in [2.05, 4.69) is 15.9 Å². The van der Waals surface area contributed by atoms with E-state index >= 15 is 0 Å². The molecule has 1 atom stereocenters. The van der Waals surface area contributed by atoms with Gasteiger partial charge in [-0.25, -0.2) is 4.39 Å². The number of nitrogens with zero attached hydrogens (tertiary/aromatic N) is 1. The second kappa shape index (κ2) is 4.34. The van der Waals surface area contributed by atoms with Crippen molar-refractivity contribution in [2.24, 2.45) is 5.92 Å². The van der Waals surface area contributed by atoms with Gasteiger partial charge in [0, 0.05) is 10.0 Å². The fourth-order valence-electron chi connectivity index (χ4n) is 1.00. The number of Topliss-reactive ketones (excluding diaryl/α,β-unsaturated/α-hetero) is 1. The van der Waals surface area contributed by atoms with Crippen molar-refractivity contribution in [3.05, 3.63) is 34.1 Å². The molecule has 0 aromatic heterocycles. The van der Waals surface area contributed by atoms with Gasteiger partial charge in [-0.1, -0.05) is 15.9 Å². The maximum absolute atomic E-state index is 12.9. The first kappa shape index (κ1) is 10.9. The summed E-state index contributed by atoms with van der Waals surface area (Å²) in [6.45, 7) is 1.49. The highest BCUT2D eigenvalue weighted by Gasteiger charge is 2.15. The van der Waals surface area contributed by atoms with Gasteiger partial charge in [-0.2, -0.15) is 5.26 Å². The van der Waals surface area contributed by atoms with Gasteiger partial charge in [-0.3, -0.25) is 4.79 Å². The average molecular weight is 256 g/mol. The van der Waals surface area contributed by atoms with Crippen LogP contribution in [0.1, 0.15) is 17.3 Å². The molecule has 0 saturated heterocycles. The second-order valence-corrected chi connectivity index (χ2v) is 3.79. The van der Waals surface area contributed by atoms with Gasteiger partial charge >= 0.3 is 0 Å². The van der Waals surface area contributed by atoms with Crippen LogP contribution in [-0.2, 0) is 0 Å². The van der Waals surface area contributed by atoms with Gasteiger partial charge in [-0.15, -0.1) is 0 Å². The van der Waals surface area contributed by atoms with Gasteiger partial charge in [-0.05, 0) is 25.1 Å². The number of nitriles is 1. The van der Waals surface area contributed by atoms with Crippen LogP contribution < -0.4 is 0 Å². The van der Waals surface area contributed by atoms with Crippen LogP contribution in [0.25, 0.3) is 0 Å². The van der Waals surface area contributed by atoms with Gasteiger partial charge in [0.2, 0.25) is 0 Å². The normalized spacial score (nSPS) is 11.9. The lowest BCUT2D eigenvalue weighted by Crippen LogP contribution is -2.09. The second-order valence-electron chi connectivity index (χ2n) is 2.87. The zero-order chi connectivity index (χ0) is 10.7. The molecule has 1 unspecified atom stereocenters. The minimum atomic E-state index is -0.747. The van der Waals surface area contributed by atoms with Gasteiger partial charge < -0.3 is 0 Å². The van der Waals surface area contributed by atoms with E-state index in [1.165, 1.54) is 19.1 Å². The van der Waals surface area contributed by atoms with E-state index in [9.17, 15) is 9.18 Å². The maximum Gasteiger partial charge on any atom is 0.179 e. The van der Waals surface area contributed by atoms with Crippen molar-refractivity contribution < 1.29 is 9.18 Å². The van der Waals surface area contributed by atoms with E-state index in [0.29, 0.717) is 4.47 Å². The van der Waals surface area contributed by atoms with E-state index in [-0.39, 0.29) is 11.3 Å². The van der Waals surface area contributed by atoms with Crippen molar-refractivity contribution in [3.63, 3.8) is 0 Å². The van der Waals surface area contributed by atoms with Crippen molar-refractivity contribution in [3.8, 4) is 6.07 Å². The van der Waals surface area contributed by atoms with Crippen molar-refractivity contribution >= 4 is 21.7 Å². The third-order valence-electron chi connectivity index (χ3n) is 1.73. The van der Waals surface area contributed by atoms with Gasteiger partial charge in [0.25, 0.3) is 0 Å². The Kier molecular flexibility index (Phi) is 3.37. The standard InChI is InChI=1S/C10H7BrFNO/c1-6(5-13)10(14)7-2-8(11)4-9(12)3-7/h2-4,6H,1H3. The molecule has 0 fully saturated rings. The number of hydrogen-bond acceptors (Lipinski definition) is 2. The molecule has 14 heavy (non-hydrogen) atoms. The Morgan fingerprint density at radius 2 is 2.21 bits per heavy atom. The molecular formula is C10H7BrFNO. The highest BCUT2D eigenvalue weighted by molar-refractivity contribution is 9.10. The Balaban J connectivity index is 3.09. The summed E-state index contributed by atoms with van der Waals surface area (Å²) in [5.41, 5.74) is 0.214. The topological polar surface area (TPSA) is 40.9 Å². The lowest BCUT2D eigenvalue weighted by Gasteiger charge is -2.02. The molecule has 0 N–H and O–H groups in total. The summed E-state index contributed by atoms with van der Waals surface area (Å²) in [7, 11) is 0. The van der Waals surface area contributed by atoms with Crippen molar-refractivity contribution in [1.29, 1.82) is 5.26 Å². The molecule has 0 spiro atoms. The highest BCUT2D eigenvalue weighted by Crippen LogP contribution is 2.17. The predicted molar refractivity (Wildman–Crippen MR) is 53.2 cm³/mol. The third-order valence-corrected chi connectivity index (χ3v) is 2.19. The van der Waals surface area contributed by atoms with Crippen LogP contribution in [0.3, 0.4) is 0 Å². The SMILES string of the molecule is CC(C#N)C(=O)c1cc(F)cc(Br)c1. The molecule has 2 nitrogen and oxygen atoms in total. The highest BCUT2D eigenvalue weighted by atomic mass is 79.9. The first-order valence-electron chi connectivity index (χ1n) is 3.94. The number of rotatable bonds is 2. The summed E-state index contributed by atoms with van der Waals surface area (Å²) < 4.78 is 13.4. The fraction of sp³-hybridized carbons (Fsp3) is 0.200. The number of carbonyl (C=O) groups is 1. The summed E-state index contributed by atoms with van der Waals surface area (Å²) in [6.07, 6.45) is 0. The van der Waals surface area contributed by atoms with Gasteiger partial charge in [0.1, 0.15) is 11.7 Å². The van der Waals surface area contributed by atoms with Crippen LogP contribution in [0.2, 0.25) is 0 Å².